The lowest BCUT2D eigenvalue weighted by molar-refractivity contribution is 0.0366. The van der Waals surface area contributed by atoms with Crippen molar-refractivity contribution in [2.45, 2.75) is 44.2 Å². The number of aliphatic hydroxyl groups is 1. The zero-order valence-electron chi connectivity index (χ0n) is 8.58. The minimum absolute atomic E-state index is 0.164. The van der Waals surface area contributed by atoms with Gasteiger partial charge in [0.25, 0.3) is 0 Å². The van der Waals surface area contributed by atoms with Crippen molar-refractivity contribution in [3.63, 3.8) is 0 Å². The first-order valence-electron chi connectivity index (χ1n) is 5.25. The summed E-state index contributed by atoms with van der Waals surface area (Å²) in [6.07, 6.45) is 7.19. The summed E-state index contributed by atoms with van der Waals surface area (Å²) < 4.78 is 0. The van der Waals surface area contributed by atoms with Gasteiger partial charge in [0.15, 0.2) is 0 Å². The Morgan fingerprint density at radius 3 is 3.00 bits per heavy atom. The molecule has 2 heteroatoms. The average molecular weight is 183 g/mol. The van der Waals surface area contributed by atoms with E-state index in [1.807, 2.05) is 6.08 Å². The summed E-state index contributed by atoms with van der Waals surface area (Å²) in [5, 5.41) is 9.89. The van der Waals surface area contributed by atoms with E-state index in [4.69, 9.17) is 0 Å². The van der Waals surface area contributed by atoms with E-state index in [0.29, 0.717) is 6.04 Å². The first-order chi connectivity index (χ1) is 6.25. The molecule has 2 atom stereocenters. The molecule has 0 aromatic heterocycles. The maximum absolute atomic E-state index is 9.89. The fraction of sp³-hybridized carbons (Fsp3) is 0.818. The number of likely N-dealkylation sites (tertiary alicyclic amines) is 1. The smallest absolute Gasteiger partial charge is 0.0698 e. The Morgan fingerprint density at radius 1 is 1.62 bits per heavy atom. The highest BCUT2D eigenvalue weighted by Gasteiger charge is 2.25. The quantitative estimate of drug-likeness (QED) is 0.672. The molecule has 0 aromatic rings. The van der Waals surface area contributed by atoms with Gasteiger partial charge in [-0.1, -0.05) is 12.5 Å². The standard InChI is InChI=1S/C11H21NO/c1-3-4-8-11(13)10-7-5-6-9-12(10)2/h3,10-11,13H,1,4-9H2,2H3. The Balaban J connectivity index is 2.34. The molecule has 0 amide bonds. The van der Waals surface area contributed by atoms with E-state index in [2.05, 4.69) is 18.5 Å². The molecular formula is C11H21NO. The Morgan fingerprint density at radius 2 is 2.38 bits per heavy atom. The summed E-state index contributed by atoms with van der Waals surface area (Å²) in [5.74, 6) is 0. The van der Waals surface area contributed by atoms with Gasteiger partial charge in [0.1, 0.15) is 0 Å². The SMILES string of the molecule is C=CCCC(O)C1CCCCN1C. The zero-order chi connectivity index (χ0) is 9.68. The van der Waals surface area contributed by atoms with Gasteiger partial charge in [0.05, 0.1) is 6.10 Å². The number of likely N-dealkylation sites (N-methyl/N-ethyl adjacent to an activating group) is 1. The lowest BCUT2D eigenvalue weighted by atomic mass is 9.95. The Bertz CT molecular complexity index is 158. The fourth-order valence-corrected chi connectivity index (χ4v) is 2.07. The molecule has 1 aliphatic rings. The van der Waals surface area contributed by atoms with Gasteiger partial charge >= 0.3 is 0 Å². The van der Waals surface area contributed by atoms with Gasteiger partial charge in [0, 0.05) is 6.04 Å². The number of allylic oxidation sites excluding steroid dienone is 1. The molecule has 0 aromatic carbocycles. The monoisotopic (exact) mass is 183 g/mol. The molecule has 0 spiro atoms. The van der Waals surface area contributed by atoms with Crippen LogP contribution in [0.15, 0.2) is 12.7 Å². The van der Waals surface area contributed by atoms with Crippen molar-refractivity contribution in [3.05, 3.63) is 12.7 Å². The van der Waals surface area contributed by atoms with E-state index in [1.165, 1.54) is 12.8 Å². The molecule has 0 radical (unpaired) electrons. The molecule has 0 saturated carbocycles. The molecule has 0 aliphatic carbocycles. The number of rotatable bonds is 4. The minimum atomic E-state index is -0.164. The normalized spacial score (nSPS) is 27.1. The van der Waals surface area contributed by atoms with Gasteiger partial charge < -0.3 is 10.0 Å². The summed E-state index contributed by atoms with van der Waals surface area (Å²) in [5.41, 5.74) is 0. The van der Waals surface area contributed by atoms with E-state index >= 15 is 0 Å². The molecule has 1 fully saturated rings. The van der Waals surface area contributed by atoms with E-state index in [-0.39, 0.29) is 6.10 Å². The second-order valence-electron chi connectivity index (χ2n) is 3.98. The molecule has 2 unspecified atom stereocenters. The van der Waals surface area contributed by atoms with Crippen LogP contribution < -0.4 is 0 Å². The first-order valence-corrected chi connectivity index (χ1v) is 5.25. The number of hydrogen-bond donors (Lipinski definition) is 1. The molecule has 2 nitrogen and oxygen atoms in total. The van der Waals surface area contributed by atoms with Crippen LogP contribution in [0.2, 0.25) is 0 Å². The van der Waals surface area contributed by atoms with E-state index < -0.39 is 0 Å². The predicted molar refractivity (Wildman–Crippen MR) is 55.7 cm³/mol. The van der Waals surface area contributed by atoms with Crippen LogP contribution in [0.4, 0.5) is 0 Å². The number of nitrogens with zero attached hydrogens (tertiary/aromatic N) is 1. The van der Waals surface area contributed by atoms with Crippen molar-refractivity contribution in [2.24, 2.45) is 0 Å². The summed E-state index contributed by atoms with van der Waals surface area (Å²) in [6, 6.07) is 0.383. The van der Waals surface area contributed by atoms with Crippen molar-refractivity contribution >= 4 is 0 Å². The van der Waals surface area contributed by atoms with Crippen LogP contribution in [-0.4, -0.2) is 35.7 Å². The zero-order valence-corrected chi connectivity index (χ0v) is 8.58. The molecule has 0 bridgehead atoms. The summed E-state index contributed by atoms with van der Waals surface area (Å²) in [7, 11) is 2.11. The second-order valence-corrected chi connectivity index (χ2v) is 3.98. The lowest BCUT2D eigenvalue weighted by Crippen LogP contribution is -2.44. The fourth-order valence-electron chi connectivity index (χ4n) is 2.07. The molecule has 1 rings (SSSR count). The van der Waals surface area contributed by atoms with Crippen LogP contribution in [0.1, 0.15) is 32.1 Å². The molecule has 1 saturated heterocycles. The average Bonchev–Trinajstić information content (AvgIpc) is 2.15. The highest BCUT2D eigenvalue weighted by atomic mass is 16.3. The van der Waals surface area contributed by atoms with Crippen LogP contribution in [0, 0.1) is 0 Å². The van der Waals surface area contributed by atoms with Crippen molar-refractivity contribution in [3.8, 4) is 0 Å². The Kier molecular flexibility index (Phi) is 4.46. The third-order valence-corrected chi connectivity index (χ3v) is 2.94. The third kappa shape index (κ3) is 3.12. The van der Waals surface area contributed by atoms with Crippen molar-refractivity contribution in [1.82, 2.24) is 4.90 Å². The van der Waals surface area contributed by atoms with Gasteiger partial charge in [-0.15, -0.1) is 6.58 Å². The highest BCUT2D eigenvalue weighted by Crippen LogP contribution is 2.20. The van der Waals surface area contributed by atoms with Gasteiger partial charge in [0.2, 0.25) is 0 Å². The molecule has 76 valence electrons. The van der Waals surface area contributed by atoms with E-state index in [0.717, 1.165) is 25.8 Å². The van der Waals surface area contributed by atoms with Crippen LogP contribution in [-0.2, 0) is 0 Å². The van der Waals surface area contributed by atoms with E-state index in [1.54, 1.807) is 0 Å². The van der Waals surface area contributed by atoms with Gasteiger partial charge in [-0.25, -0.2) is 0 Å². The van der Waals surface area contributed by atoms with Crippen molar-refractivity contribution < 1.29 is 5.11 Å². The molecular weight excluding hydrogens is 162 g/mol. The largest absolute Gasteiger partial charge is 0.391 e. The topological polar surface area (TPSA) is 23.5 Å². The molecule has 13 heavy (non-hydrogen) atoms. The second kappa shape index (κ2) is 5.40. The molecule has 1 aliphatic heterocycles. The van der Waals surface area contributed by atoms with Crippen LogP contribution in [0.25, 0.3) is 0 Å². The summed E-state index contributed by atoms with van der Waals surface area (Å²) >= 11 is 0. The molecule has 1 N–H and O–H groups in total. The summed E-state index contributed by atoms with van der Waals surface area (Å²) in [4.78, 5) is 2.29. The maximum atomic E-state index is 9.89. The van der Waals surface area contributed by atoms with Crippen LogP contribution in [0.3, 0.4) is 0 Å². The first kappa shape index (κ1) is 10.7. The number of aliphatic hydroxyl groups excluding tert-OH is 1. The van der Waals surface area contributed by atoms with Gasteiger partial charge in [-0.3, -0.25) is 0 Å². The van der Waals surface area contributed by atoms with Gasteiger partial charge in [-0.05, 0) is 39.3 Å². The predicted octanol–water partition coefficient (Wildman–Crippen LogP) is 1.80. The maximum Gasteiger partial charge on any atom is 0.0698 e. The van der Waals surface area contributed by atoms with Gasteiger partial charge in [-0.2, -0.15) is 0 Å². The van der Waals surface area contributed by atoms with Crippen LogP contribution in [0.5, 0.6) is 0 Å². The number of piperidine rings is 1. The number of hydrogen-bond acceptors (Lipinski definition) is 2. The Hall–Kier alpha value is -0.340. The van der Waals surface area contributed by atoms with E-state index in [9.17, 15) is 5.11 Å². The lowest BCUT2D eigenvalue weighted by Gasteiger charge is -2.35. The summed E-state index contributed by atoms with van der Waals surface area (Å²) in [6.45, 7) is 4.81. The minimum Gasteiger partial charge on any atom is -0.391 e. The Labute approximate surface area is 81.2 Å². The molecule has 1 heterocycles. The van der Waals surface area contributed by atoms with Crippen LogP contribution >= 0.6 is 0 Å². The van der Waals surface area contributed by atoms with Crippen molar-refractivity contribution in [2.75, 3.05) is 13.6 Å². The third-order valence-electron chi connectivity index (χ3n) is 2.94. The highest BCUT2D eigenvalue weighted by molar-refractivity contribution is 4.82. The van der Waals surface area contributed by atoms with Crippen molar-refractivity contribution in [1.29, 1.82) is 0 Å².